The molecule has 10 heteroatoms. The van der Waals surface area contributed by atoms with Gasteiger partial charge in [-0.05, 0) is 36.4 Å². The first-order valence-corrected chi connectivity index (χ1v) is 11.9. The van der Waals surface area contributed by atoms with Crippen molar-refractivity contribution in [3.8, 4) is 5.69 Å². The van der Waals surface area contributed by atoms with E-state index in [4.69, 9.17) is 11.6 Å². The number of fused-ring (bicyclic) bond motifs is 1. The molecule has 0 atom stereocenters. The quantitative estimate of drug-likeness (QED) is 0.348. The van der Waals surface area contributed by atoms with Gasteiger partial charge in [-0.2, -0.15) is 5.10 Å². The minimum absolute atomic E-state index is 0.0293. The molecule has 1 fully saturated rings. The van der Waals surface area contributed by atoms with Crippen molar-refractivity contribution < 1.29 is 4.79 Å². The maximum absolute atomic E-state index is 12.8. The lowest BCUT2D eigenvalue weighted by Crippen LogP contribution is -2.49. The summed E-state index contributed by atoms with van der Waals surface area (Å²) in [6.45, 7) is 2.92. The van der Waals surface area contributed by atoms with Crippen LogP contribution in [0.3, 0.4) is 0 Å². The molecule has 2 aromatic heterocycles. The van der Waals surface area contributed by atoms with Gasteiger partial charge in [-0.3, -0.25) is 9.59 Å². The average molecular weight is 481 g/mol. The first kappa shape index (κ1) is 21.5. The van der Waals surface area contributed by atoms with Crippen LogP contribution in [-0.4, -0.2) is 62.5 Å². The third-order valence-corrected chi connectivity index (χ3v) is 6.68. The highest BCUT2D eigenvalue weighted by Crippen LogP contribution is 2.20. The summed E-state index contributed by atoms with van der Waals surface area (Å²) in [6, 6.07) is 17.3. The van der Waals surface area contributed by atoms with Gasteiger partial charge in [0.25, 0.3) is 5.56 Å². The van der Waals surface area contributed by atoms with Gasteiger partial charge in [-0.15, -0.1) is 0 Å². The van der Waals surface area contributed by atoms with Gasteiger partial charge in [0.15, 0.2) is 10.8 Å². The lowest BCUT2D eigenvalue weighted by atomic mass is 10.2. The Morgan fingerprint density at radius 3 is 2.45 bits per heavy atom. The molecule has 1 N–H and O–H groups in total. The van der Waals surface area contributed by atoms with Crippen LogP contribution in [0.15, 0.2) is 70.7 Å². The zero-order chi connectivity index (χ0) is 22.8. The highest BCUT2D eigenvalue weighted by Gasteiger charge is 2.22. The van der Waals surface area contributed by atoms with Crippen LogP contribution in [-0.2, 0) is 4.79 Å². The second-order valence-electron chi connectivity index (χ2n) is 7.63. The standard InChI is InChI=1S/C23H21ClN6O2S/c24-16-6-8-18(9-7-16)30-21-19(14-25-30)22(32)27-23(26-21)33-15-20(31)29-12-10-28(11-13-29)17-4-2-1-3-5-17/h1-9,14H,10-13,15H2,(H,26,27,32). The van der Waals surface area contributed by atoms with E-state index in [0.29, 0.717) is 34.3 Å². The molecule has 3 heterocycles. The van der Waals surface area contributed by atoms with E-state index in [-0.39, 0.29) is 17.2 Å². The maximum Gasteiger partial charge on any atom is 0.262 e. The Bertz CT molecular complexity index is 1330. The van der Waals surface area contributed by atoms with E-state index in [1.54, 1.807) is 16.8 Å². The Balaban J connectivity index is 1.26. The Labute approximate surface area is 199 Å². The minimum atomic E-state index is -0.286. The number of benzene rings is 2. The Morgan fingerprint density at radius 1 is 1.00 bits per heavy atom. The number of thioether (sulfide) groups is 1. The van der Waals surface area contributed by atoms with Gasteiger partial charge in [0.05, 0.1) is 17.6 Å². The van der Waals surface area contributed by atoms with Crippen molar-refractivity contribution in [3.63, 3.8) is 0 Å². The van der Waals surface area contributed by atoms with Crippen LogP contribution in [0.5, 0.6) is 0 Å². The number of hydrogen-bond acceptors (Lipinski definition) is 6. The number of para-hydroxylation sites is 1. The van der Waals surface area contributed by atoms with Gasteiger partial charge in [0.1, 0.15) is 5.39 Å². The SMILES string of the molecule is O=C(CSc1nc2c(cnn2-c2ccc(Cl)cc2)c(=O)[nH]1)N1CCN(c2ccccc2)CC1. The molecular formula is C23H21ClN6O2S. The molecule has 0 bridgehead atoms. The number of nitrogens with zero attached hydrogens (tertiary/aromatic N) is 5. The number of nitrogens with one attached hydrogen (secondary N) is 1. The summed E-state index contributed by atoms with van der Waals surface area (Å²) < 4.78 is 1.59. The molecule has 1 aliphatic heterocycles. The molecule has 2 aromatic carbocycles. The number of aromatic nitrogens is 4. The van der Waals surface area contributed by atoms with Gasteiger partial charge in [-0.25, -0.2) is 9.67 Å². The summed E-state index contributed by atoms with van der Waals surface area (Å²) in [6.07, 6.45) is 1.49. The Morgan fingerprint density at radius 2 is 1.73 bits per heavy atom. The number of halogens is 1. The van der Waals surface area contributed by atoms with E-state index in [1.807, 2.05) is 35.2 Å². The van der Waals surface area contributed by atoms with Gasteiger partial charge in [0.2, 0.25) is 5.91 Å². The molecule has 0 aliphatic carbocycles. The van der Waals surface area contributed by atoms with Crippen molar-refractivity contribution in [2.24, 2.45) is 0 Å². The molecule has 0 radical (unpaired) electrons. The zero-order valence-corrected chi connectivity index (χ0v) is 19.2. The van der Waals surface area contributed by atoms with Gasteiger partial charge in [0, 0.05) is 36.9 Å². The molecule has 0 spiro atoms. The van der Waals surface area contributed by atoms with Crippen LogP contribution in [0.1, 0.15) is 0 Å². The second-order valence-corrected chi connectivity index (χ2v) is 9.03. The Kier molecular flexibility index (Phi) is 6.06. The lowest BCUT2D eigenvalue weighted by Gasteiger charge is -2.36. The summed E-state index contributed by atoms with van der Waals surface area (Å²) in [5, 5.41) is 5.69. The highest BCUT2D eigenvalue weighted by molar-refractivity contribution is 7.99. The molecule has 0 unspecified atom stereocenters. The fourth-order valence-electron chi connectivity index (χ4n) is 3.81. The molecule has 1 amide bonds. The lowest BCUT2D eigenvalue weighted by molar-refractivity contribution is -0.128. The molecular weight excluding hydrogens is 460 g/mol. The fourth-order valence-corrected chi connectivity index (χ4v) is 4.70. The van der Waals surface area contributed by atoms with Gasteiger partial charge >= 0.3 is 0 Å². The molecule has 0 saturated carbocycles. The summed E-state index contributed by atoms with van der Waals surface area (Å²) in [4.78, 5) is 36.8. The first-order valence-electron chi connectivity index (χ1n) is 10.5. The number of carbonyl (C=O) groups is 1. The minimum Gasteiger partial charge on any atom is -0.368 e. The van der Waals surface area contributed by atoms with Crippen LogP contribution in [0.2, 0.25) is 5.02 Å². The smallest absolute Gasteiger partial charge is 0.262 e. The van der Waals surface area contributed by atoms with Crippen LogP contribution in [0, 0.1) is 0 Å². The molecule has 1 saturated heterocycles. The molecule has 168 valence electrons. The number of H-pyrrole nitrogens is 1. The summed E-state index contributed by atoms with van der Waals surface area (Å²) in [5.74, 6) is 0.233. The summed E-state index contributed by atoms with van der Waals surface area (Å²) in [5.41, 5.74) is 2.07. The molecule has 8 nitrogen and oxygen atoms in total. The average Bonchev–Trinajstić information content (AvgIpc) is 3.28. The number of piperazine rings is 1. The van der Waals surface area contributed by atoms with Crippen molar-refractivity contribution in [2.45, 2.75) is 5.16 Å². The second kappa shape index (κ2) is 9.29. The van der Waals surface area contributed by atoms with Crippen molar-refractivity contribution >= 4 is 46.0 Å². The highest BCUT2D eigenvalue weighted by atomic mass is 35.5. The first-order chi connectivity index (χ1) is 16.1. The van der Waals surface area contributed by atoms with E-state index in [1.165, 1.54) is 23.6 Å². The largest absolute Gasteiger partial charge is 0.368 e. The summed E-state index contributed by atoms with van der Waals surface area (Å²) >= 11 is 7.20. The molecule has 1 aliphatic rings. The molecule has 5 rings (SSSR count). The van der Waals surface area contributed by atoms with Gasteiger partial charge in [-0.1, -0.05) is 41.6 Å². The van der Waals surface area contributed by atoms with E-state index in [0.717, 1.165) is 18.8 Å². The van der Waals surface area contributed by atoms with Crippen LogP contribution >= 0.6 is 23.4 Å². The van der Waals surface area contributed by atoms with E-state index < -0.39 is 0 Å². The number of anilines is 1. The number of carbonyl (C=O) groups excluding carboxylic acids is 1. The maximum atomic E-state index is 12.8. The normalized spacial score (nSPS) is 14.1. The van der Waals surface area contributed by atoms with Crippen molar-refractivity contribution in [2.75, 3.05) is 36.8 Å². The topological polar surface area (TPSA) is 87.1 Å². The van der Waals surface area contributed by atoms with Crippen LogP contribution in [0.25, 0.3) is 16.7 Å². The monoisotopic (exact) mass is 480 g/mol. The van der Waals surface area contributed by atoms with E-state index in [2.05, 4.69) is 32.1 Å². The van der Waals surface area contributed by atoms with Crippen LogP contribution < -0.4 is 10.5 Å². The third-order valence-electron chi connectivity index (χ3n) is 5.57. The fraction of sp³-hybridized carbons (Fsp3) is 0.217. The van der Waals surface area contributed by atoms with E-state index in [9.17, 15) is 9.59 Å². The predicted octanol–water partition coefficient (Wildman–Crippen LogP) is 3.20. The van der Waals surface area contributed by atoms with Crippen LogP contribution in [0.4, 0.5) is 5.69 Å². The zero-order valence-electron chi connectivity index (χ0n) is 17.6. The predicted molar refractivity (Wildman–Crippen MR) is 130 cm³/mol. The Hall–Kier alpha value is -3.30. The number of amides is 1. The van der Waals surface area contributed by atoms with Gasteiger partial charge < -0.3 is 14.8 Å². The number of aromatic amines is 1. The molecule has 33 heavy (non-hydrogen) atoms. The van der Waals surface area contributed by atoms with Crippen molar-refractivity contribution in [3.05, 3.63) is 76.2 Å². The molecule has 4 aromatic rings. The summed E-state index contributed by atoms with van der Waals surface area (Å²) in [7, 11) is 0. The third kappa shape index (κ3) is 4.60. The van der Waals surface area contributed by atoms with E-state index >= 15 is 0 Å². The number of hydrogen-bond donors (Lipinski definition) is 1. The van der Waals surface area contributed by atoms with Crippen molar-refractivity contribution in [1.29, 1.82) is 0 Å². The van der Waals surface area contributed by atoms with Crippen molar-refractivity contribution in [1.82, 2.24) is 24.6 Å². The number of rotatable bonds is 5.